The minimum Gasteiger partial charge on any atom is -0.497 e. The van der Waals surface area contributed by atoms with Crippen molar-refractivity contribution in [2.75, 3.05) is 14.2 Å². The molecule has 1 heterocycles. The summed E-state index contributed by atoms with van der Waals surface area (Å²) in [6.07, 6.45) is 1.24. The normalized spacial score (nSPS) is 23.8. The molecule has 2 atom stereocenters. The number of methoxy groups -OCH3 is 2. The summed E-state index contributed by atoms with van der Waals surface area (Å²) < 4.78 is 16.5. The fourth-order valence-electron chi connectivity index (χ4n) is 2.35. The summed E-state index contributed by atoms with van der Waals surface area (Å²) in [6.45, 7) is 4.15. The Bertz CT molecular complexity index is 387. The minimum atomic E-state index is 0.0830. The van der Waals surface area contributed by atoms with Crippen LogP contribution in [0.3, 0.4) is 0 Å². The van der Waals surface area contributed by atoms with E-state index in [9.17, 15) is 0 Å². The lowest BCUT2D eigenvalue weighted by molar-refractivity contribution is -0.00611. The van der Waals surface area contributed by atoms with E-state index in [4.69, 9.17) is 14.2 Å². The molecule has 0 spiro atoms. The van der Waals surface area contributed by atoms with Crippen LogP contribution in [0, 0.1) is 0 Å². The predicted octanol–water partition coefficient (Wildman–Crippen LogP) is 2.73. The molecule has 2 rings (SSSR count). The molecule has 2 unspecified atom stereocenters. The number of benzene rings is 1. The maximum absolute atomic E-state index is 5.81. The Morgan fingerprint density at radius 2 is 1.94 bits per heavy atom. The monoisotopic (exact) mass is 222 g/mol. The fourth-order valence-corrected chi connectivity index (χ4v) is 2.35. The molecule has 0 saturated heterocycles. The quantitative estimate of drug-likeness (QED) is 0.770. The van der Waals surface area contributed by atoms with Gasteiger partial charge in [-0.1, -0.05) is 0 Å². The van der Waals surface area contributed by atoms with E-state index in [0.717, 1.165) is 23.5 Å². The topological polar surface area (TPSA) is 27.7 Å². The van der Waals surface area contributed by atoms with Crippen molar-refractivity contribution in [1.29, 1.82) is 0 Å². The summed E-state index contributed by atoms with van der Waals surface area (Å²) in [4.78, 5) is 0. The average molecular weight is 222 g/mol. The number of fused-ring (bicyclic) bond motifs is 1. The third-order valence-corrected chi connectivity index (χ3v) is 3.01. The van der Waals surface area contributed by atoms with E-state index in [1.807, 2.05) is 6.07 Å². The van der Waals surface area contributed by atoms with Crippen molar-refractivity contribution < 1.29 is 14.2 Å². The molecule has 0 aromatic heterocycles. The third kappa shape index (κ3) is 1.87. The molecule has 1 aromatic carbocycles. The van der Waals surface area contributed by atoms with Crippen LogP contribution in [0.15, 0.2) is 12.1 Å². The first kappa shape index (κ1) is 11.3. The van der Waals surface area contributed by atoms with E-state index in [0.29, 0.717) is 0 Å². The molecule has 0 fully saturated rings. The van der Waals surface area contributed by atoms with Gasteiger partial charge in [0.15, 0.2) is 0 Å². The smallest absolute Gasteiger partial charge is 0.128 e. The Morgan fingerprint density at radius 3 is 2.56 bits per heavy atom. The Morgan fingerprint density at radius 1 is 1.19 bits per heavy atom. The lowest BCUT2D eigenvalue weighted by Crippen LogP contribution is -2.22. The van der Waals surface area contributed by atoms with Crippen molar-refractivity contribution in [2.24, 2.45) is 0 Å². The second-order valence-corrected chi connectivity index (χ2v) is 4.20. The standard InChI is InChI=1S/C13H18O3/c1-8-5-10-6-11(14-3)7-12(15-4)13(10)9(2)16-8/h6-9H,5H2,1-4H3. The van der Waals surface area contributed by atoms with E-state index in [2.05, 4.69) is 19.9 Å². The minimum absolute atomic E-state index is 0.0830. The van der Waals surface area contributed by atoms with Gasteiger partial charge in [-0.05, 0) is 31.9 Å². The zero-order valence-electron chi connectivity index (χ0n) is 10.2. The Balaban J connectivity index is 2.51. The number of hydrogen-bond donors (Lipinski definition) is 0. The van der Waals surface area contributed by atoms with Gasteiger partial charge in [0.1, 0.15) is 11.5 Å². The van der Waals surface area contributed by atoms with E-state index in [-0.39, 0.29) is 12.2 Å². The van der Waals surface area contributed by atoms with E-state index in [1.165, 1.54) is 5.56 Å². The van der Waals surface area contributed by atoms with Gasteiger partial charge in [0.05, 0.1) is 26.4 Å². The van der Waals surface area contributed by atoms with E-state index in [1.54, 1.807) is 14.2 Å². The van der Waals surface area contributed by atoms with Gasteiger partial charge in [0.25, 0.3) is 0 Å². The van der Waals surface area contributed by atoms with Gasteiger partial charge in [-0.25, -0.2) is 0 Å². The third-order valence-electron chi connectivity index (χ3n) is 3.01. The predicted molar refractivity (Wildman–Crippen MR) is 62.2 cm³/mol. The molecular weight excluding hydrogens is 204 g/mol. The van der Waals surface area contributed by atoms with Crippen molar-refractivity contribution in [3.8, 4) is 11.5 Å². The second-order valence-electron chi connectivity index (χ2n) is 4.20. The van der Waals surface area contributed by atoms with E-state index >= 15 is 0 Å². The van der Waals surface area contributed by atoms with Crippen LogP contribution in [0.25, 0.3) is 0 Å². The second kappa shape index (κ2) is 4.34. The number of rotatable bonds is 2. The van der Waals surface area contributed by atoms with Crippen molar-refractivity contribution in [2.45, 2.75) is 32.5 Å². The summed E-state index contributed by atoms with van der Waals surface area (Å²) >= 11 is 0. The Hall–Kier alpha value is -1.22. The van der Waals surface area contributed by atoms with Crippen LogP contribution in [-0.4, -0.2) is 20.3 Å². The Kier molecular flexibility index (Phi) is 3.06. The lowest BCUT2D eigenvalue weighted by Gasteiger charge is -2.30. The van der Waals surface area contributed by atoms with Crippen molar-refractivity contribution in [1.82, 2.24) is 0 Å². The average Bonchev–Trinajstić information content (AvgIpc) is 2.26. The fraction of sp³-hybridized carbons (Fsp3) is 0.538. The first-order valence-corrected chi connectivity index (χ1v) is 5.56. The van der Waals surface area contributed by atoms with Gasteiger partial charge in [-0.3, -0.25) is 0 Å². The highest BCUT2D eigenvalue weighted by molar-refractivity contribution is 5.48. The zero-order valence-corrected chi connectivity index (χ0v) is 10.2. The van der Waals surface area contributed by atoms with Crippen LogP contribution in [-0.2, 0) is 11.2 Å². The highest BCUT2D eigenvalue weighted by atomic mass is 16.5. The van der Waals surface area contributed by atoms with Crippen molar-refractivity contribution >= 4 is 0 Å². The van der Waals surface area contributed by atoms with Gasteiger partial charge in [0, 0.05) is 11.6 Å². The van der Waals surface area contributed by atoms with Crippen LogP contribution >= 0.6 is 0 Å². The van der Waals surface area contributed by atoms with Gasteiger partial charge >= 0.3 is 0 Å². The van der Waals surface area contributed by atoms with Crippen LogP contribution < -0.4 is 9.47 Å². The van der Waals surface area contributed by atoms with Crippen LogP contribution in [0.4, 0.5) is 0 Å². The molecule has 0 saturated carbocycles. The van der Waals surface area contributed by atoms with Crippen LogP contribution in [0.2, 0.25) is 0 Å². The maximum Gasteiger partial charge on any atom is 0.128 e. The number of ether oxygens (including phenoxy) is 3. The summed E-state index contributed by atoms with van der Waals surface area (Å²) in [5.74, 6) is 1.70. The molecule has 88 valence electrons. The van der Waals surface area contributed by atoms with Crippen molar-refractivity contribution in [3.05, 3.63) is 23.3 Å². The molecular formula is C13H18O3. The molecule has 16 heavy (non-hydrogen) atoms. The van der Waals surface area contributed by atoms with Gasteiger partial charge in [-0.15, -0.1) is 0 Å². The molecule has 1 aliphatic rings. The molecule has 0 radical (unpaired) electrons. The molecule has 1 aliphatic heterocycles. The van der Waals surface area contributed by atoms with E-state index < -0.39 is 0 Å². The SMILES string of the molecule is COc1cc2c(c(OC)c1)C(C)OC(C)C2. The first-order chi connectivity index (χ1) is 7.65. The molecule has 3 nitrogen and oxygen atoms in total. The van der Waals surface area contributed by atoms with Gasteiger partial charge < -0.3 is 14.2 Å². The molecule has 0 N–H and O–H groups in total. The highest BCUT2D eigenvalue weighted by Crippen LogP contribution is 2.39. The molecule has 0 aliphatic carbocycles. The zero-order chi connectivity index (χ0) is 11.7. The van der Waals surface area contributed by atoms with Gasteiger partial charge in [-0.2, -0.15) is 0 Å². The summed E-state index contributed by atoms with van der Waals surface area (Å²) in [5.41, 5.74) is 2.42. The summed E-state index contributed by atoms with van der Waals surface area (Å²) in [7, 11) is 3.35. The summed E-state index contributed by atoms with van der Waals surface area (Å²) in [6, 6.07) is 3.99. The summed E-state index contributed by atoms with van der Waals surface area (Å²) in [5, 5.41) is 0. The molecule has 3 heteroatoms. The largest absolute Gasteiger partial charge is 0.497 e. The molecule has 0 amide bonds. The van der Waals surface area contributed by atoms with Crippen molar-refractivity contribution in [3.63, 3.8) is 0 Å². The number of hydrogen-bond acceptors (Lipinski definition) is 3. The van der Waals surface area contributed by atoms with Crippen LogP contribution in [0.5, 0.6) is 11.5 Å². The Labute approximate surface area is 96.3 Å². The lowest BCUT2D eigenvalue weighted by atomic mass is 9.94. The van der Waals surface area contributed by atoms with Gasteiger partial charge in [0.2, 0.25) is 0 Å². The molecule has 1 aromatic rings. The first-order valence-electron chi connectivity index (χ1n) is 5.56. The maximum atomic E-state index is 5.81. The van der Waals surface area contributed by atoms with Crippen LogP contribution in [0.1, 0.15) is 31.1 Å². The molecule has 0 bridgehead atoms. The highest BCUT2D eigenvalue weighted by Gasteiger charge is 2.26.